The van der Waals surface area contributed by atoms with Crippen LogP contribution in [0.2, 0.25) is 0 Å². The van der Waals surface area contributed by atoms with E-state index in [1.807, 2.05) is 36.4 Å². The third-order valence-corrected chi connectivity index (χ3v) is 3.95. The highest BCUT2D eigenvalue weighted by atomic mass is 32.2. The Hall–Kier alpha value is -1.09. The van der Waals surface area contributed by atoms with Crippen LogP contribution in [0.5, 0.6) is 0 Å². The molecule has 2 rings (SSSR count). The average Bonchev–Trinajstić information content (AvgIpc) is 2.18. The van der Waals surface area contributed by atoms with Crippen molar-refractivity contribution in [3.05, 3.63) is 42.0 Å². The summed E-state index contributed by atoms with van der Waals surface area (Å²) in [6.45, 7) is 0. The zero-order valence-corrected chi connectivity index (χ0v) is 8.63. The van der Waals surface area contributed by atoms with Crippen LogP contribution in [0.4, 0.5) is 0 Å². The van der Waals surface area contributed by atoms with E-state index in [-0.39, 0.29) is 5.75 Å². The van der Waals surface area contributed by atoms with Gasteiger partial charge in [0.2, 0.25) is 0 Å². The summed E-state index contributed by atoms with van der Waals surface area (Å²) in [5.41, 5.74) is 1.97. The van der Waals surface area contributed by atoms with Crippen molar-refractivity contribution in [3.8, 4) is 0 Å². The van der Waals surface area contributed by atoms with Crippen LogP contribution in [0.25, 0.3) is 5.57 Å². The molecule has 0 amide bonds. The molecule has 0 saturated heterocycles. The van der Waals surface area contributed by atoms with E-state index < -0.39 is 9.84 Å². The van der Waals surface area contributed by atoms with Crippen molar-refractivity contribution < 1.29 is 8.42 Å². The Kier molecular flexibility index (Phi) is 2.42. The van der Waals surface area contributed by atoms with E-state index in [9.17, 15) is 8.42 Å². The predicted octanol–water partition coefficient (Wildman–Crippen LogP) is 1.89. The summed E-state index contributed by atoms with van der Waals surface area (Å²) in [7, 11) is -2.85. The third-order valence-electron chi connectivity index (χ3n) is 2.34. The van der Waals surface area contributed by atoms with Gasteiger partial charge in [0, 0.05) is 0 Å². The van der Waals surface area contributed by atoms with Crippen molar-refractivity contribution in [2.45, 2.75) is 6.42 Å². The highest BCUT2D eigenvalue weighted by Gasteiger charge is 2.18. The lowest BCUT2D eigenvalue weighted by molar-refractivity contribution is 0.598. The molecule has 2 nitrogen and oxygen atoms in total. The molecule has 1 aromatic carbocycles. The van der Waals surface area contributed by atoms with Gasteiger partial charge in [-0.3, -0.25) is 0 Å². The molecule has 0 spiro atoms. The van der Waals surface area contributed by atoms with Crippen molar-refractivity contribution in [2.75, 3.05) is 11.5 Å². The average molecular weight is 208 g/mol. The Morgan fingerprint density at radius 3 is 2.43 bits per heavy atom. The lowest BCUT2D eigenvalue weighted by atomic mass is 10.1. The third kappa shape index (κ3) is 2.04. The molecule has 0 saturated carbocycles. The largest absolute Gasteiger partial charge is 0.228 e. The Morgan fingerprint density at radius 1 is 1.07 bits per heavy atom. The molecule has 0 radical (unpaired) electrons. The number of hydrogen-bond acceptors (Lipinski definition) is 2. The first kappa shape index (κ1) is 9.46. The molecule has 0 N–H and O–H groups in total. The summed E-state index contributed by atoms with van der Waals surface area (Å²) < 4.78 is 22.8. The maximum Gasteiger partial charge on any atom is 0.154 e. The van der Waals surface area contributed by atoms with Crippen molar-refractivity contribution in [1.82, 2.24) is 0 Å². The molecule has 0 aromatic heterocycles. The van der Waals surface area contributed by atoms with Gasteiger partial charge in [0.25, 0.3) is 0 Å². The van der Waals surface area contributed by atoms with Gasteiger partial charge in [0.15, 0.2) is 9.84 Å². The fourth-order valence-electron chi connectivity index (χ4n) is 1.63. The fourth-order valence-corrected chi connectivity index (χ4v) is 3.01. The van der Waals surface area contributed by atoms with Crippen molar-refractivity contribution in [3.63, 3.8) is 0 Å². The molecule has 0 atom stereocenters. The maximum atomic E-state index is 11.4. The molecule has 74 valence electrons. The number of allylic oxidation sites excluding steroid dienone is 1. The number of hydrogen-bond donors (Lipinski definition) is 0. The molecule has 14 heavy (non-hydrogen) atoms. The smallest absolute Gasteiger partial charge is 0.154 e. The minimum absolute atomic E-state index is 0.191. The van der Waals surface area contributed by atoms with Gasteiger partial charge in [-0.15, -0.1) is 0 Å². The summed E-state index contributed by atoms with van der Waals surface area (Å²) in [6, 6.07) is 9.69. The van der Waals surface area contributed by atoms with Crippen LogP contribution in [-0.2, 0) is 9.84 Å². The first-order valence-electron chi connectivity index (χ1n) is 4.62. The summed E-state index contributed by atoms with van der Waals surface area (Å²) >= 11 is 0. The maximum absolute atomic E-state index is 11.4. The van der Waals surface area contributed by atoms with Crippen LogP contribution >= 0.6 is 0 Å². The first-order chi connectivity index (χ1) is 6.67. The second-order valence-corrected chi connectivity index (χ2v) is 5.66. The van der Waals surface area contributed by atoms with Crippen LogP contribution in [0.15, 0.2) is 36.4 Å². The van der Waals surface area contributed by atoms with Crippen molar-refractivity contribution in [2.24, 2.45) is 0 Å². The summed E-state index contributed by atoms with van der Waals surface area (Å²) in [6.07, 6.45) is 2.67. The van der Waals surface area contributed by atoms with Gasteiger partial charge in [-0.2, -0.15) is 0 Å². The normalized spacial score (nSPS) is 20.1. The predicted molar refractivity (Wildman–Crippen MR) is 57.7 cm³/mol. The molecule has 0 bridgehead atoms. The van der Waals surface area contributed by atoms with Crippen LogP contribution in [0, 0.1) is 0 Å². The minimum atomic E-state index is -2.85. The Labute approximate surface area is 84.2 Å². The second kappa shape index (κ2) is 3.58. The van der Waals surface area contributed by atoms with Crippen molar-refractivity contribution >= 4 is 15.4 Å². The molecular formula is C11H12O2S. The van der Waals surface area contributed by atoms with Crippen molar-refractivity contribution in [1.29, 1.82) is 0 Å². The van der Waals surface area contributed by atoms with Gasteiger partial charge in [-0.1, -0.05) is 36.4 Å². The van der Waals surface area contributed by atoms with E-state index in [4.69, 9.17) is 0 Å². The quantitative estimate of drug-likeness (QED) is 0.706. The zero-order chi connectivity index (χ0) is 10.0. The van der Waals surface area contributed by atoms with Gasteiger partial charge in [-0.05, 0) is 17.6 Å². The van der Waals surface area contributed by atoms with E-state index in [0.717, 1.165) is 11.1 Å². The van der Waals surface area contributed by atoms with Gasteiger partial charge < -0.3 is 0 Å². The molecule has 1 aliphatic heterocycles. The lowest BCUT2D eigenvalue weighted by Crippen LogP contribution is -2.16. The summed E-state index contributed by atoms with van der Waals surface area (Å²) in [4.78, 5) is 0. The molecular weight excluding hydrogens is 196 g/mol. The fraction of sp³-hybridized carbons (Fsp3) is 0.273. The van der Waals surface area contributed by atoms with E-state index in [0.29, 0.717) is 12.2 Å². The number of rotatable bonds is 1. The first-order valence-corrected chi connectivity index (χ1v) is 6.44. The van der Waals surface area contributed by atoms with Gasteiger partial charge >= 0.3 is 0 Å². The Balaban J connectivity index is 2.33. The number of sulfone groups is 1. The topological polar surface area (TPSA) is 34.1 Å². The zero-order valence-electron chi connectivity index (χ0n) is 7.81. The highest BCUT2D eigenvalue weighted by molar-refractivity contribution is 7.91. The molecule has 0 unspecified atom stereocenters. The standard InChI is InChI=1S/C11H12O2S/c12-14(13)8-4-7-11(9-14)10-5-2-1-3-6-10/h1-3,5-7H,4,8-9H2. The number of benzene rings is 1. The van der Waals surface area contributed by atoms with Crippen LogP contribution < -0.4 is 0 Å². The SMILES string of the molecule is O=S1(=O)CCC=C(c2ccccc2)C1. The minimum Gasteiger partial charge on any atom is -0.228 e. The molecule has 1 heterocycles. The Bertz CT molecular complexity index is 443. The summed E-state index contributed by atoms with van der Waals surface area (Å²) in [5.74, 6) is 0.486. The molecule has 0 fully saturated rings. The summed E-state index contributed by atoms with van der Waals surface area (Å²) in [5, 5.41) is 0. The van der Waals surface area contributed by atoms with Crippen LogP contribution in [0.1, 0.15) is 12.0 Å². The molecule has 0 aliphatic carbocycles. The lowest BCUT2D eigenvalue weighted by Gasteiger charge is -2.13. The Morgan fingerprint density at radius 2 is 1.79 bits per heavy atom. The molecule has 1 aliphatic rings. The molecule has 1 aromatic rings. The second-order valence-electron chi connectivity index (χ2n) is 3.48. The molecule has 3 heteroatoms. The van der Waals surface area contributed by atoms with E-state index in [1.165, 1.54) is 0 Å². The van der Waals surface area contributed by atoms with Crippen LogP contribution in [-0.4, -0.2) is 19.9 Å². The van der Waals surface area contributed by atoms with E-state index >= 15 is 0 Å². The van der Waals surface area contributed by atoms with Crippen LogP contribution in [0.3, 0.4) is 0 Å². The van der Waals surface area contributed by atoms with Gasteiger partial charge in [-0.25, -0.2) is 8.42 Å². The van der Waals surface area contributed by atoms with Gasteiger partial charge in [0.1, 0.15) is 0 Å². The highest BCUT2D eigenvalue weighted by Crippen LogP contribution is 2.21. The van der Waals surface area contributed by atoms with Gasteiger partial charge in [0.05, 0.1) is 11.5 Å². The van der Waals surface area contributed by atoms with E-state index in [2.05, 4.69) is 0 Å². The monoisotopic (exact) mass is 208 g/mol. The van der Waals surface area contributed by atoms with E-state index in [1.54, 1.807) is 0 Å².